The van der Waals surface area contributed by atoms with Gasteiger partial charge < -0.3 is 15.2 Å². The van der Waals surface area contributed by atoms with Crippen molar-refractivity contribution >= 4 is 17.1 Å². The van der Waals surface area contributed by atoms with E-state index in [0.29, 0.717) is 35.4 Å². The zero-order chi connectivity index (χ0) is 15.0. The molecule has 1 saturated carbocycles. The predicted molar refractivity (Wildman–Crippen MR) is 79.2 cm³/mol. The summed E-state index contributed by atoms with van der Waals surface area (Å²) in [7, 11) is 4.06. The average molecular weight is 289 g/mol. The molecule has 7 nitrogen and oxygen atoms in total. The Morgan fingerprint density at radius 1 is 1.43 bits per heavy atom. The molecule has 7 heteroatoms. The molecule has 0 bridgehead atoms. The number of likely N-dealkylation sites (N-methyl/N-ethyl adjacent to an activating group) is 1. The van der Waals surface area contributed by atoms with Crippen molar-refractivity contribution in [3.63, 3.8) is 0 Å². The lowest BCUT2D eigenvalue weighted by Crippen LogP contribution is -2.41. The lowest BCUT2D eigenvalue weighted by Gasteiger charge is -2.24. The highest BCUT2D eigenvalue weighted by Gasteiger charge is 2.32. The first-order valence-electron chi connectivity index (χ1n) is 7.08. The minimum Gasteiger partial charge on any atom is -0.349 e. The lowest BCUT2D eigenvalue weighted by molar-refractivity contribution is 0.0934. The number of H-pyrrole nitrogens is 2. The van der Waals surface area contributed by atoms with E-state index >= 15 is 0 Å². The number of imidazole rings is 1. The van der Waals surface area contributed by atoms with Gasteiger partial charge in [0.25, 0.3) is 5.91 Å². The second-order valence-corrected chi connectivity index (χ2v) is 5.75. The molecular formula is C14H19N5O2. The van der Waals surface area contributed by atoms with Crippen molar-refractivity contribution < 1.29 is 4.79 Å². The first-order chi connectivity index (χ1) is 10.0. The van der Waals surface area contributed by atoms with Crippen LogP contribution in [0.1, 0.15) is 23.3 Å². The molecule has 2 heterocycles. The van der Waals surface area contributed by atoms with E-state index in [1.165, 1.54) is 12.8 Å². The Kier molecular flexibility index (Phi) is 3.50. The highest BCUT2D eigenvalue weighted by molar-refractivity contribution is 5.93. The van der Waals surface area contributed by atoms with Crippen LogP contribution in [0.3, 0.4) is 0 Å². The molecule has 1 amide bonds. The fourth-order valence-corrected chi connectivity index (χ4v) is 2.58. The Labute approximate surface area is 121 Å². The van der Waals surface area contributed by atoms with Gasteiger partial charge in [0.05, 0.1) is 5.52 Å². The van der Waals surface area contributed by atoms with Gasteiger partial charge in [-0.1, -0.05) is 0 Å². The average Bonchev–Trinajstić information content (AvgIpc) is 3.18. The summed E-state index contributed by atoms with van der Waals surface area (Å²) in [5, 5.41) is 2.93. The van der Waals surface area contributed by atoms with Crippen molar-refractivity contribution in [1.29, 1.82) is 0 Å². The van der Waals surface area contributed by atoms with Crippen LogP contribution in [0.15, 0.2) is 16.9 Å². The monoisotopic (exact) mass is 289 g/mol. The number of nitrogens with zero attached hydrogens (tertiary/aromatic N) is 2. The third-order valence-corrected chi connectivity index (χ3v) is 3.91. The van der Waals surface area contributed by atoms with Gasteiger partial charge in [-0.3, -0.25) is 9.78 Å². The molecule has 2 aromatic rings. The summed E-state index contributed by atoms with van der Waals surface area (Å²) in [6.07, 6.45) is 2.46. The number of rotatable bonds is 5. The number of fused-ring (bicyclic) bond motifs is 1. The molecule has 1 aliphatic rings. The Morgan fingerprint density at radius 3 is 2.86 bits per heavy atom. The van der Waals surface area contributed by atoms with Gasteiger partial charge >= 0.3 is 5.69 Å². The fourth-order valence-electron chi connectivity index (χ4n) is 2.58. The third kappa shape index (κ3) is 2.97. The molecule has 21 heavy (non-hydrogen) atoms. The second-order valence-electron chi connectivity index (χ2n) is 5.75. The summed E-state index contributed by atoms with van der Waals surface area (Å²) in [5.41, 5.74) is 0.988. The molecule has 1 aliphatic carbocycles. The molecule has 3 rings (SSSR count). The van der Waals surface area contributed by atoms with Crippen molar-refractivity contribution in [1.82, 2.24) is 25.2 Å². The van der Waals surface area contributed by atoms with Gasteiger partial charge in [0.2, 0.25) is 0 Å². The largest absolute Gasteiger partial charge is 0.349 e. The molecule has 112 valence electrons. The van der Waals surface area contributed by atoms with Crippen LogP contribution in [-0.2, 0) is 0 Å². The number of pyridine rings is 1. The summed E-state index contributed by atoms with van der Waals surface area (Å²) in [5.74, 6) is 0.461. The van der Waals surface area contributed by atoms with Gasteiger partial charge in [0, 0.05) is 12.6 Å². The molecule has 0 saturated heterocycles. The summed E-state index contributed by atoms with van der Waals surface area (Å²) >= 11 is 0. The molecule has 1 atom stereocenters. The van der Waals surface area contributed by atoms with Crippen LogP contribution in [0.25, 0.3) is 11.2 Å². The molecule has 0 aromatic carbocycles. The highest BCUT2D eigenvalue weighted by atomic mass is 16.2. The predicted octanol–water partition coefficient (Wildman–Crippen LogP) is 0.321. The van der Waals surface area contributed by atoms with E-state index in [1.54, 1.807) is 12.1 Å². The number of aromatic amines is 2. The van der Waals surface area contributed by atoms with Crippen LogP contribution >= 0.6 is 0 Å². The lowest BCUT2D eigenvalue weighted by atomic mass is 10.1. The summed E-state index contributed by atoms with van der Waals surface area (Å²) in [6, 6.07) is 3.66. The van der Waals surface area contributed by atoms with Gasteiger partial charge in [-0.25, -0.2) is 9.78 Å². The molecule has 1 fully saturated rings. The molecule has 3 N–H and O–H groups in total. The van der Waals surface area contributed by atoms with E-state index in [4.69, 9.17) is 0 Å². The minimum absolute atomic E-state index is 0.216. The van der Waals surface area contributed by atoms with Crippen molar-refractivity contribution in [3.8, 4) is 0 Å². The van der Waals surface area contributed by atoms with E-state index in [2.05, 4.69) is 25.2 Å². The van der Waals surface area contributed by atoms with Crippen LogP contribution in [0.4, 0.5) is 0 Å². The normalized spacial score (nSPS) is 16.3. The number of amides is 1. The third-order valence-electron chi connectivity index (χ3n) is 3.91. The van der Waals surface area contributed by atoms with Crippen molar-refractivity contribution in [2.45, 2.75) is 18.9 Å². The molecule has 0 spiro atoms. The molecule has 2 aromatic heterocycles. The van der Waals surface area contributed by atoms with Crippen molar-refractivity contribution in [3.05, 3.63) is 28.3 Å². The van der Waals surface area contributed by atoms with Crippen molar-refractivity contribution in [2.24, 2.45) is 5.92 Å². The zero-order valence-corrected chi connectivity index (χ0v) is 12.1. The topological polar surface area (TPSA) is 93.9 Å². The van der Waals surface area contributed by atoms with Crippen LogP contribution < -0.4 is 11.0 Å². The summed E-state index contributed by atoms with van der Waals surface area (Å²) < 4.78 is 0. The number of nitrogens with one attached hydrogen (secondary N) is 3. The van der Waals surface area contributed by atoms with Crippen LogP contribution in [0, 0.1) is 5.92 Å². The Bertz CT molecular complexity index is 711. The minimum atomic E-state index is -0.323. The quantitative estimate of drug-likeness (QED) is 0.739. The van der Waals surface area contributed by atoms with Crippen LogP contribution in [-0.4, -0.2) is 52.4 Å². The van der Waals surface area contributed by atoms with Gasteiger partial charge in [-0.05, 0) is 45.0 Å². The van der Waals surface area contributed by atoms with Gasteiger partial charge in [-0.15, -0.1) is 0 Å². The number of hydrogen-bond donors (Lipinski definition) is 3. The van der Waals surface area contributed by atoms with E-state index in [1.807, 2.05) is 14.1 Å². The van der Waals surface area contributed by atoms with Gasteiger partial charge in [0.15, 0.2) is 5.65 Å². The van der Waals surface area contributed by atoms with E-state index in [9.17, 15) is 9.59 Å². The maximum absolute atomic E-state index is 12.2. The maximum atomic E-state index is 12.2. The molecular weight excluding hydrogens is 270 g/mol. The van der Waals surface area contributed by atoms with Crippen LogP contribution in [0.5, 0.6) is 0 Å². The van der Waals surface area contributed by atoms with E-state index in [-0.39, 0.29) is 11.6 Å². The maximum Gasteiger partial charge on any atom is 0.325 e. The Balaban J connectivity index is 1.69. The van der Waals surface area contributed by atoms with Crippen molar-refractivity contribution in [2.75, 3.05) is 20.6 Å². The number of aromatic nitrogens is 3. The zero-order valence-electron chi connectivity index (χ0n) is 12.1. The van der Waals surface area contributed by atoms with E-state index in [0.717, 1.165) is 0 Å². The standard InChI is InChI=1S/C14H19N5O2/c1-19(2)11(8-3-4-8)7-15-13(20)10-6-5-9-12(16-10)18-14(21)17-9/h5-6,8,11H,3-4,7H2,1-2H3,(H,15,20)(H2,16,17,18,21). The SMILES string of the molecule is CN(C)C(CNC(=O)c1ccc2[nH]c(=O)[nH]c2n1)C1CC1. The number of hydrogen-bond acceptors (Lipinski definition) is 4. The van der Waals surface area contributed by atoms with Crippen LogP contribution in [0.2, 0.25) is 0 Å². The Morgan fingerprint density at radius 2 is 2.19 bits per heavy atom. The molecule has 0 radical (unpaired) electrons. The van der Waals surface area contributed by atoms with Gasteiger partial charge in [-0.2, -0.15) is 0 Å². The first kappa shape index (κ1) is 13.8. The fraction of sp³-hybridized carbons (Fsp3) is 0.500. The van der Waals surface area contributed by atoms with Gasteiger partial charge in [0.1, 0.15) is 5.69 Å². The van der Waals surface area contributed by atoms with E-state index < -0.39 is 0 Å². The summed E-state index contributed by atoms with van der Waals surface area (Å²) in [6.45, 7) is 0.611. The second kappa shape index (κ2) is 5.33. The first-order valence-corrected chi connectivity index (χ1v) is 7.08. The molecule has 0 aliphatic heterocycles. The Hall–Kier alpha value is -2.15. The summed E-state index contributed by atoms with van der Waals surface area (Å²) in [4.78, 5) is 34.8. The smallest absolute Gasteiger partial charge is 0.325 e. The highest BCUT2D eigenvalue weighted by Crippen LogP contribution is 2.34. The molecule has 1 unspecified atom stereocenters. The number of carbonyl (C=O) groups excluding carboxylic acids is 1. The number of carbonyl (C=O) groups is 1.